The second-order valence-electron chi connectivity index (χ2n) is 5.16. The highest BCUT2D eigenvalue weighted by Gasteiger charge is 2.38. The number of benzene rings is 1. The highest BCUT2D eigenvalue weighted by Crippen LogP contribution is 2.36. The summed E-state index contributed by atoms with van der Waals surface area (Å²) in [6.07, 6.45) is 6.83. The molecule has 3 rings (SSSR count). The molecule has 2 aromatic rings. The average Bonchev–Trinajstić information content (AvgIpc) is 2.84. The smallest absolute Gasteiger partial charge is 0.250 e. The third kappa shape index (κ3) is 2.31. The van der Waals surface area contributed by atoms with E-state index < -0.39 is 0 Å². The fourth-order valence-corrected chi connectivity index (χ4v) is 2.22. The summed E-state index contributed by atoms with van der Waals surface area (Å²) in [5.41, 5.74) is 8.16. The van der Waals surface area contributed by atoms with Crippen molar-refractivity contribution in [1.29, 1.82) is 0 Å². The minimum absolute atomic E-state index is 0.363. The molecule has 0 saturated heterocycles. The fraction of sp³-hybridized carbons (Fsp3) is 0.333. The molecule has 0 unspecified atom stereocenters. The van der Waals surface area contributed by atoms with Crippen molar-refractivity contribution in [2.75, 3.05) is 0 Å². The molecule has 1 fully saturated rings. The van der Waals surface area contributed by atoms with Crippen LogP contribution in [-0.4, -0.2) is 10.1 Å². The number of rotatable bonds is 3. The Hall–Kier alpha value is -1.94. The van der Waals surface area contributed by atoms with Crippen molar-refractivity contribution in [3.05, 3.63) is 47.1 Å². The Balaban J connectivity index is 1.79. The van der Waals surface area contributed by atoms with Gasteiger partial charge in [0, 0.05) is 6.08 Å². The summed E-state index contributed by atoms with van der Waals surface area (Å²) in [5, 5.41) is 3.98. The average molecular weight is 255 g/mol. The lowest BCUT2D eigenvalue weighted by atomic mass is 9.77. The first-order chi connectivity index (χ1) is 9.17. The molecule has 1 heterocycles. The highest BCUT2D eigenvalue weighted by molar-refractivity contribution is 5.67. The van der Waals surface area contributed by atoms with Gasteiger partial charge in [0.25, 0.3) is 5.89 Å². The number of hydrogen-bond acceptors (Lipinski definition) is 4. The molecular formula is C15H17N3O. The van der Waals surface area contributed by atoms with E-state index in [4.69, 9.17) is 10.3 Å². The molecule has 2 N–H and O–H groups in total. The van der Waals surface area contributed by atoms with E-state index in [-0.39, 0.29) is 5.54 Å². The van der Waals surface area contributed by atoms with E-state index in [9.17, 15) is 0 Å². The molecule has 0 radical (unpaired) electrons. The van der Waals surface area contributed by atoms with E-state index in [0.717, 1.165) is 24.8 Å². The van der Waals surface area contributed by atoms with E-state index in [1.807, 2.05) is 24.3 Å². The number of nitrogens with two attached hydrogens (primary N) is 1. The molecule has 0 bridgehead atoms. The van der Waals surface area contributed by atoms with Crippen LogP contribution in [0.5, 0.6) is 0 Å². The molecule has 0 amide bonds. The molecule has 1 aromatic heterocycles. The van der Waals surface area contributed by atoms with Crippen LogP contribution >= 0.6 is 0 Å². The van der Waals surface area contributed by atoms with Gasteiger partial charge in [-0.2, -0.15) is 4.98 Å². The Kier molecular flexibility index (Phi) is 2.95. The van der Waals surface area contributed by atoms with Gasteiger partial charge in [-0.1, -0.05) is 29.4 Å². The van der Waals surface area contributed by atoms with Crippen LogP contribution < -0.4 is 5.73 Å². The van der Waals surface area contributed by atoms with Crippen LogP contribution in [0.2, 0.25) is 0 Å². The van der Waals surface area contributed by atoms with Crippen molar-refractivity contribution in [3.8, 4) is 0 Å². The Morgan fingerprint density at radius 2 is 2.05 bits per heavy atom. The van der Waals surface area contributed by atoms with Crippen molar-refractivity contribution >= 4 is 12.2 Å². The van der Waals surface area contributed by atoms with Crippen molar-refractivity contribution in [2.24, 2.45) is 5.73 Å². The third-order valence-electron chi connectivity index (χ3n) is 3.73. The van der Waals surface area contributed by atoms with Crippen molar-refractivity contribution in [2.45, 2.75) is 31.7 Å². The largest absolute Gasteiger partial charge is 0.335 e. The van der Waals surface area contributed by atoms with Crippen LogP contribution in [0.25, 0.3) is 12.2 Å². The Morgan fingerprint density at radius 3 is 2.74 bits per heavy atom. The molecular weight excluding hydrogens is 238 g/mol. The SMILES string of the molecule is Cc1ccccc1/C=C/c1nc(C2(N)CCC2)no1. The molecule has 0 spiro atoms. The molecule has 19 heavy (non-hydrogen) atoms. The molecule has 98 valence electrons. The van der Waals surface area contributed by atoms with Crippen molar-refractivity contribution in [3.63, 3.8) is 0 Å². The highest BCUT2D eigenvalue weighted by atomic mass is 16.5. The standard InChI is InChI=1S/C15H17N3O/c1-11-5-2-3-6-12(11)7-8-13-17-14(18-19-13)15(16)9-4-10-15/h2-3,5-8H,4,9-10,16H2,1H3/b8-7+. The van der Waals surface area contributed by atoms with Gasteiger partial charge in [0.1, 0.15) is 0 Å². The minimum Gasteiger partial charge on any atom is -0.335 e. The van der Waals surface area contributed by atoms with Gasteiger partial charge in [-0.15, -0.1) is 0 Å². The van der Waals surface area contributed by atoms with Gasteiger partial charge in [0.05, 0.1) is 5.54 Å². The van der Waals surface area contributed by atoms with Gasteiger partial charge in [-0.3, -0.25) is 0 Å². The molecule has 1 aromatic carbocycles. The van der Waals surface area contributed by atoms with Crippen LogP contribution in [0.15, 0.2) is 28.8 Å². The van der Waals surface area contributed by atoms with E-state index in [1.54, 1.807) is 0 Å². The lowest BCUT2D eigenvalue weighted by molar-refractivity contribution is 0.229. The molecule has 0 aliphatic heterocycles. The topological polar surface area (TPSA) is 64.9 Å². The quantitative estimate of drug-likeness (QED) is 0.915. The number of nitrogens with zero attached hydrogens (tertiary/aromatic N) is 2. The number of hydrogen-bond donors (Lipinski definition) is 1. The summed E-state index contributed by atoms with van der Waals surface area (Å²) in [7, 11) is 0. The Morgan fingerprint density at radius 1 is 1.26 bits per heavy atom. The van der Waals surface area contributed by atoms with Crippen LogP contribution in [0.3, 0.4) is 0 Å². The molecule has 4 heteroatoms. The van der Waals surface area contributed by atoms with Crippen LogP contribution in [0.4, 0.5) is 0 Å². The van der Waals surface area contributed by atoms with E-state index in [2.05, 4.69) is 29.2 Å². The first kappa shape index (κ1) is 12.1. The molecule has 4 nitrogen and oxygen atoms in total. The maximum Gasteiger partial charge on any atom is 0.250 e. The van der Waals surface area contributed by atoms with Gasteiger partial charge < -0.3 is 10.3 Å². The van der Waals surface area contributed by atoms with Crippen LogP contribution in [-0.2, 0) is 5.54 Å². The molecule has 1 aliphatic carbocycles. The minimum atomic E-state index is -0.363. The number of aromatic nitrogens is 2. The summed E-state index contributed by atoms with van der Waals surface area (Å²) in [5.74, 6) is 1.14. The molecule has 1 saturated carbocycles. The van der Waals surface area contributed by atoms with Crippen LogP contribution in [0, 0.1) is 6.92 Å². The lowest BCUT2D eigenvalue weighted by Crippen LogP contribution is -2.44. The van der Waals surface area contributed by atoms with Crippen molar-refractivity contribution in [1.82, 2.24) is 10.1 Å². The van der Waals surface area contributed by atoms with E-state index >= 15 is 0 Å². The Bertz CT molecular complexity index is 611. The maximum atomic E-state index is 6.16. The lowest BCUT2D eigenvalue weighted by Gasteiger charge is -2.34. The van der Waals surface area contributed by atoms with Crippen LogP contribution in [0.1, 0.15) is 42.1 Å². The van der Waals surface area contributed by atoms with Gasteiger partial charge in [-0.05, 0) is 43.4 Å². The van der Waals surface area contributed by atoms with Gasteiger partial charge in [0.2, 0.25) is 0 Å². The zero-order chi connectivity index (χ0) is 13.3. The normalized spacial score (nSPS) is 17.6. The predicted molar refractivity (Wildman–Crippen MR) is 74.1 cm³/mol. The predicted octanol–water partition coefficient (Wildman–Crippen LogP) is 2.89. The second kappa shape index (κ2) is 4.63. The summed E-state index contributed by atoms with van der Waals surface area (Å²) < 4.78 is 5.22. The number of aryl methyl sites for hydroxylation is 1. The summed E-state index contributed by atoms with van der Waals surface area (Å²) >= 11 is 0. The Labute approximate surface area is 112 Å². The van der Waals surface area contributed by atoms with E-state index in [1.165, 1.54) is 5.56 Å². The monoisotopic (exact) mass is 255 g/mol. The van der Waals surface area contributed by atoms with Gasteiger partial charge in [-0.25, -0.2) is 0 Å². The summed E-state index contributed by atoms with van der Waals surface area (Å²) in [4.78, 5) is 4.36. The van der Waals surface area contributed by atoms with Gasteiger partial charge in [0.15, 0.2) is 5.82 Å². The summed E-state index contributed by atoms with van der Waals surface area (Å²) in [6.45, 7) is 2.07. The first-order valence-electron chi connectivity index (χ1n) is 6.54. The third-order valence-corrected chi connectivity index (χ3v) is 3.73. The van der Waals surface area contributed by atoms with Gasteiger partial charge >= 0.3 is 0 Å². The first-order valence-corrected chi connectivity index (χ1v) is 6.54. The second-order valence-corrected chi connectivity index (χ2v) is 5.16. The fourth-order valence-electron chi connectivity index (χ4n) is 2.22. The van der Waals surface area contributed by atoms with Crippen molar-refractivity contribution < 1.29 is 4.52 Å². The zero-order valence-corrected chi connectivity index (χ0v) is 11.0. The molecule has 1 aliphatic rings. The summed E-state index contributed by atoms with van der Waals surface area (Å²) in [6, 6.07) is 8.16. The zero-order valence-electron chi connectivity index (χ0n) is 11.0. The maximum absolute atomic E-state index is 6.16. The van der Waals surface area contributed by atoms with E-state index in [0.29, 0.717) is 11.7 Å². The molecule has 0 atom stereocenters.